The fourth-order valence-corrected chi connectivity index (χ4v) is 3.99. The van der Waals surface area contributed by atoms with Gasteiger partial charge in [0.05, 0.1) is 0 Å². The molecule has 0 spiro atoms. The Balaban J connectivity index is 1.66. The molecule has 5 heteroatoms. The molecule has 0 radical (unpaired) electrons. The van der Waals surface area contributed by atoms with Gasteiger partial charge in [-0.2, -0.15) is 0 Å². The number of carboxylic acids is 1. The molecule has 3 atom stereocenters. The predicted octanol–water partition coefficient (Wildman–Crippen LogP) is 2.53. The Morgan fingerprint density at radius 1 is 1.45 bits per heavy atom. The van der Waals surface area contributed by atoms with Crippen LogP contribution in [-0.4, -0.2) is 22.5 Å². The van der Waals surface area contributed by atoms with Crippen molar-refractivity contribution in [3.63, 3.8) is 0 Å². The van der Waals surface area contributed by atoms with E-state index in [0.29, 0.717) is 0 Å². The van der Waals surface area contributed by atoms with Crippen LogP contribution in [0.25, 0.3) is 0 Å². The Morgan fingerprint density at radius 3 is 2.65 bits per heavy atom. The fraction of sp³-hybridized carbons (Fsp3) is 0.600. The van der Waals surface area contributed by atoms with Crippen LogP contribution in [0, 0.1) is 18.8 Å². The number of aliphatic carboxylic acids is 1. The van der Waals surface area contributed by atoms with E-state index in [1.807, 2.05) is 5.38 Å². The minimum Gasteiger partial charge on any atom is -0.480 e. The zero-order valence-electron chi connectivity index (χ0n) is 11.7. The van der Waals surface area contributed by atoms with Crippen LogP contribution in [0.15, 0.2) is 11.4 Å². The highest BCUT2D eigenvalue weighted by molar-refractivity contribution is 7.10. The molecule has 3 rings (SSSR count). The fourth-order valence-electron chi connectivity index (χ4n) is 2.88. The lowest BCUT2D eigenvalue weighted by atomic mass is 9.95. The summed E-state index contributed by atoms with van der Waals surface area (Å²) in [6, 6.07) is 2.07. The third-order valence-electron chi connectivity index (χ3n) is 4.59. The molecule has 4 nitrogen and oxygen atoms in total. The zero-order valence-corrected chi connectivity index (χ0v) is 12.5. The molecular weight excluding hydrogens is 274 g/mol. The third-order valence-corrected chi connectivity index (χ3v) is 5.74. The number of carbonyl (C=O) groups excluding carboxylic acids is 1. The van der Waals surface area contributed by atoms with Crippen molar-refractivity contribution in [2.24, 2.45) is 11.8 Å². The second kappa shape index (κ2) is 4.58. The molecule has 1 aromatic rings. The van der Waals surface area contributed by atoms with Gasteiger partial charge >= 0.3 is 5.97 Å². The Hall–Kier alpha value is -1.36. The van der Waals surface area contributed by atoms with Gasteiger partial charge in [0.15, 0.2) is 0 Å². The van der Waals surface area contributed by atoms with Crippen LogP contribution in [0.2, 0.25) is 0 Å². The van der Waals surface area contributed by atoms with Crippen LogP contribution in [-0.2, 0) is 9.59 Å². The SMILES string of the molecule is Cc1ccsc1C1CC1C(=O)NC(C)(C(=O)O)C1CC1. The maximum atomic E-state index is 12.3. The molecule has 2 saturated carbocycles. The minimum atomic E-state index is -1.09. The smallest absolute Gasteiger partial charge is 0.329 e. The van der Waals surface area contributed by atoms with Crippen LogP contribution < -0.4 is 5.32 Å². The topological polar surface area (TPSA) is 66.4 Å². The molecule has 20 heavy (non-hydrogen) atoms. The molecule has 2 aliphatic carbocycles. The quantitative estimate of drug-likeness (QED) is 0.876. The van der Waals surface area contributed by atoms with Crippen LogP contribution in [0.4, 0.5) is 0 Å². The van der Waals surface area contributed by atoms with E-state index in [0.717, 1.165) is 19.3 Å². The van der Waals surface area contributed by atoms with Crippen molar-refractivity contribution in [1.29, 1.82) is 0 Å². The molecule has 2 N–H and O–H groups in total. The molecular formula is C15H19NO3S. The molecule has 1 amide bonds. The van der Waals surface area contributed by atoms with Gasteiger partial charge in [0.2, 0.25) is 5.91 Å². The summed E-state index contributed by atoms with van der Waals surface area (Å²) in [6.07, 6.45) is 2.62. The summed E-state index contributed by atoms with van der Waals surface area (Å²) in [4.78, 5) is 25.0. The van der Waals surface area contributed by atoms with Crippen LogP contribution in [0.3, 0.4) is 0 Å². The maximum absolute atomic E-state index is 12.3. The number of carboxylic acid groups (broad SMARTS) is 1. The lowest BCUT2D eigenvalue weighted by Gasteiger charge is -2.26. The highest BCUT2D eigenvalue weighted by Crippen LogP contribution is 2.51. The molecule has 2 fully saturated rings. The Labute approximate surface area is 122 Å². The number of thiophene rings is 1. The summed E-state index contributed by atoms with van der Waals surface area (Å²) >= 11 is 1.69. The molecule has 3 unspecified atom stereocenters. The Bertz CT molecular complexity index is 563. The first-order valence-electron chi connectivity index (χ1n) is 7.03. The van der Waals surface area contributed by atoms with Gasteiger partial charge in [-0.3, -0.25) is 4.79 Å². The van der Waals surface area contributed by atoms with E-state index in [1.165, 1.54) is 10.4 Å². The molecule has 0 saturated heterocycles. The van der Waals surface area contributed by atoms with Gasteiger partial charge in [-0.05, 0) is 56.0 Å². The first-order valence-corrected chi connectivity index (χ1v) is 7.91. The first-order chi connectivity index (χ1) is 9.43. The number of carbonyl (C=O) groups is 2. The number of hydrogen-bond acceptors (Lipinski definition) is 3. The van der Waals surface area contributed by atoms with E-state index in [2.05, 4.69) is 18.3 Å². The average Bonchev–Trinajstić information content (AvgIpc) is 3.28. The van der Waals surface area contributed by atoms with Crippen molar-refractivity contribution in [1.82, 2.24) is 5.32 Å². The minimum absolute atomic E-state index is 0.0511. The molecule has 2 aliphatic rings. The molecule has 0 aliphatic heterocycles. The summed E-state index contributed by atoms with van der Waals surface area (Å²) in [5.41, 5.74) is 0.146. The van der Waals surface area contributed by atoms with Gasteiger partial charge in [0.25, 0.3) is 0 Å². The molecule has 0 bridgehead atoms. The normalized spacial score (nSPS) is 27.7. The van der Waals surface area contributed by atoms with Crippen molar-refractivity contribution in [3.05, 3.63) is 21.9 Å². The molecule has 1 heterocycles. The van der Waals surface area contributed by atoms with Gasteiger partial charge in [-0.1, -0.05) is 0 Å². The zero-order chi connectivity index (χ0) is 14.5. The van der Waals surface area contributed by atoms with E-state index in [9.17, 15) is 14.7 Å². The largest absolute Gasteiger partial charge is 0.480 e. The van der Waals surface area contributed by atoms with Crippen molar-refractivity contribution in [3.8, 4) is 0 Å². The van der Waals surface area contributed by atoms with Gasteiger partial charge in [-0.15, -0.1) is 11.3 Å². The number of hydrogen-bond donors (Lipinski definition) is 2. The van der Waals surface area contributed by atoms with Crippen LogP contribution >= 0.6 is 11.3 Å². The van der Waals surface area contributed by atoms with E-state index in [-0.39, 0.29) is 23.7 Å². The second-order valence-corrected chi connectivity index (χ2v) is 7.14. The van der Waals surface area contributed by atoms with E-state index in [4.69, 9.17) is 0 Å². The highest BCUT2D eigenvalue weighted by Gasteiger charge is 2.52. The van der Waals surface area contributed by atoms with Gasteiger partial charge in [0, 0.05) is 16.7 Å². The number of nitrogens with one attached hydrogen (secondary N) is 1. The predicted molar refractivity (Wildman–Crippen MR) is 76.8 cm³/mol. The molecule has 1 aromatic heterocycles. The monoisotopic (exact) mass is 293 g/mol. The summed E-state index contributed by atoms with van der Waals surface area (Å²) in [7, 11) is 0. The number of rotatable bonds is 5. The van der Waals surface area contributed by atoms with E-state index in [1.54, 1.807) is 18.3 Å². The number of amides is 1. The highest BCUT2D eigenvalue weighted by atomic mass is 32.1. The summed E-state index contributed by atoms with van der Waals surface area (Å²) < 4.78 is 0. The lowest BCUT2D eigenvalue weighted by Crippen LogP contribution is -2.54. The van der Waals surface area contributed by atoms with Crippen molar-refractivity contribution in [2.75, 3.05) is 0 Å². The van der Waals surface area contributed by atoms with Crippen LogP contribution in [0.1, 0.15) is 42.5 Å². The van der Waals surface area contributed by atoms with Crippen molar-refractivity contribution < 1.29 is 14.7 Å². The van der Waals surface area contributed by atoms with Gasteiger partial charge in [0.1, 0.15) is 5.54 Å². The maximum Gasteiger partial charge on any atom is 0.329 e. The van der Waals surface area contributed by atoms with Gasteiger partial charge in [-0.25, -0.2) is 4.79 Å². The van der Waals surface area contributed by atoms with Gasteiger partial charge < -0.3 is 10.4 Å². The second-order valence-electron chi connectivity index (χ2n) is 6.19. The summed E-state index contributed by atoms with van der Waals surface area (Å²) in [6.45, 7) is 3.70. The van der Waals surface area contributed by atoms with Crippen molar-refractivity contribution >= 4 is 23.2 Å². The van der Waals surface area contributed by atoms with Crippen molar-refractivity contribution in [2.45, 2.75) is 44.6 Å². The first kappa shape index (κ1) is 13.6. The lowest BCUT2D eigenvalue weighted by molar-refractivity contribution is -0.148. The molecule has 0 aromatic carbocycles. The van der Waals surface area contributed by atoms with E-state index >= 15 is 0 Å². The third kappa shape index (κ3) is 2.24. The summed E-state index contributed by atoms with van der Waals surface area (Å²) in [5, 5.41) is 14.2. The number of aryl methyl sites for hydroxylation is 1. The van der Waals surface area contributed by atoms with Crippen LogP contribution in [0.5, 0.6) is 0 Å². The Kier molecular flexibility index (Phi) is 3.12. The van der Waals surface area contributed by atoms with E-state index < -0.39 is 11.5 Å². The standard InChI is InChI=1S/C15H19NO3S/c1-8-5-6-20-12(8)10-7-11(10)13(17)16-15(2,14(18)19)9-3-4-9/h5-6,9-11H,3-4,7H2,1-2H3,(H,16,17)(H,18,19). The average molecular weight is 293 g/mol. The summed E-state index contributed by atoms with van der Waals surface area (Å²) in [5.74, 6) is -0.695. The molecule has 108 valence electrons. The Morgan fingerprint density at radius 2 is 2.15 bits per heavy atom.